The second kappa shape index (κ2) is 9.30. The van der Waals surface area contributed by atoms with Crippen LogP contribution in [0.3, 0.4) is 0 Å². The topological polar surface area (TPSA) is 84.2 Å². The monoisotopic (exact) mass is 413 g/mol. The van der Waals surface area contributed by atoms with E-state index in [1.165, 1.54) is 13.1 Å². The molecule has 1 aromatic heterocycles. The van der Waals surface area contributed by atoms with Crippen molar-refractivity contribution in [1.82, 2.24) is 15.6 Å². The molecule has 2 N–H and O–H groups in total. The molecule has 1 atom stereocenters. The molecule has 2 aromatic carbocycles. The molecule has 1 heterocycles. The number of aromatic nitrogens is 1. The lowest BCUT2D eigenvalue weighted by atomic mass is 10.1. The van der Waals surface area contributed by atoms with Crippen molar-refractivity contribution >= 4 is 11.8 Å². The van der Waals surface area contributed by atoms with Gasteiger partial charge in [0.15, 0.2) is 23.3 Å². The van der Waals surface area contributed by atoms with Crippen molar-refractivity contribution in [3.05, 3.63) is 77.3 Å². The molecule has 0 aliphatic rings. The van der Waals surface area contributed by atoms with Crippen LogP contribution in [0.4, 0.5) is 8.78 Å². The van der Waals surface area contributed by atoms with Crippen molar-refractivity contribution in [2.75, 3.05) is 7.05 Å². The predicted octanol–water partition coefficient (Wildman–Crippen LogP) is 3.46. The summed E-state index contributed by atoms with van der Waals surface area (Å²) in [6, 6.07) is 9.66. The number of oxazole rings is 1. The van der Waals surface area contributed by atoms with Gasteiger partial charge in [-0.2, -0.15) is 0 Å². The number of hydrogen-bond donors (Lipinski definition) is 2. The van der Waals surface area contributed by atoms with Crippen molar-refractivity contribution in [2.45, 2.75) is 25.8 Å². The first-order chi connectivity index (χ1) is 14.4. The normalized spacial score (nSPS) is 11.7. The van der Waals surface area contributed by atoms with E-state index in [4.69, 9.17) is 4.42 Å². The highest BCUT2D eigenvalue weighted by molar-refractivity contribution is 5.88. The van der Waals surface area contributed by atoms with E-state index in [-0.39, 0.29) is 18.4 Å². The molecular weight excluding hydrogens is 392 g/mol. The molecule has 3 aromatic rings. The molecule has 1 unspecified atom stereocenters. The largest absolute Gasteiger partial charge is 0.441 e. The number of nitrogens with one attached hydrogen (secondary N) is 2. The minimum atomic E-state index is -1.15. The molecule has 3 rings (SSSR count). The van der Waals surface area contributed by atoms with Gasteiger partial charge < -0.3 is 15.1 Å². The molecule has 0 saturated heterocycles. The summed E-state index contributed by atoms with van der Waals surface area (Å²) in [7, 11) is 1.39. The predicted molar refractivity (Wildman–Crippen MR) is 106 cm³/mol. The Morgan fingerprint density at radius 3 is 2.50 bits per heavy atom. The number of carbonyl (C=O) groups is 2. The van der Waals surface area contributed by atoms with Gasteiger partial charge >= 0.3 is 0 Å². The van der Waals surface area contributed by atoms with Gasteiger partial charge in [0.2, 0.25) is 11.8 Å². The molecule has 0 radical (unpaired) electrons. The molecule has 0 bridgehead atoms. The van der Waals surface area contributed by atoms with Crippen molar-refractivity contribution in [2.24, 2.45) is 0 Å². The van der Waals surface area contributed by atoms with Crippen LogP contribution in [-0.4, -0.2) is 23.8 Å². The summed E-state index contributed by atoms with van der Waals surface area (Å²) in [6.45, 7) is 1.99. The van der Waals surface area contributed by atoms with E-state index >= 15 is 0 Å². The number of likely N-dealkylation sites (N-methyl/N-ethyl adjacent to an activating group) is 1. The Morgan fingerprint density at radius 2 is 1.83 bits per heavy atom. The average molecular weight is 413 g/mol. The first kappa shape index (κ1) is 21.2. The van der Waals surface area contributed by atoms with Crippen LogP contribution < -0.4 is 10.6 Å². The van der Waals surface area contributed by atoms with Gasteiger partial charge in [0.05, 0.1) is 6.20 Å². The molecule has 0 aliphatic heterocycles. The fourth-order valence-electron chi connectivity index (χ4n) is 2.87. The van der Waals surface area contributed by atoms with Crippen LogP contribution in [0.25, 0.3) is 11.3 Å². The molecule has 0 aliphatic carbocycles. The average Bonchev–Trinajstić information content (AvgIpc) is 3.21. The van der Waals surface area contributed by atoms with E-state index in [9.17, 15) is 18.4 Å². The summed E-state index contributed by atoms with van der Waals surface area (Å²) in [5, 5.41) is 4.94. The van der Waals surface area contributed by atoms with Crippen molar-refractivity contribution < 1.29 is 22.8 Å². The maximum absolute atomic E-state index is 13.5. The molecule has 6 nitrogen and oxygen atoms in total. The van der Waals surface area contributed by atoms with Crippen LogP contribution >= 0.6 is 0 Å². The van der Waals surface area contributed by atoms with Crippen molar-refractivity contribution in [1.29, 1.82) is 0 Å². The highest BCUT2D eigenvalue weighted by atomic mass is 19.2. The third kappa shape index (κ3) is 5.08. The summed E-state index contributed by atoms with van der Waals surface area (Å²) in [4.78, 5) is 28.7. The van der Waals surface area contributed by atoms with Gasteiger partial charge in [-0.3, -0.25) is 9.59 Å². The minimum Gasteiger partial charge on any atom is -0.441 e. The van der Waals surface area contributed by atoms with E-state index in [1.807, 2.05) is 31.2 Å². The Bertz CT molecular complexity index is 1050. The molecule has 2 amide bonds. The lowest BCUT2D eigenvalue weighted by Crippen LogP contribution is -2.39. The Kier molecular flexibility index (Phi) is 6.56. The second-order valence-electron chi connectivity index (χ2n) is 6.77. The number of amides is 2. The zero-order valence-corrected chi connectivity index (χ0v) is 16.5. The van der Waals surface area contributed by atoms with Crippen LogP contribution in [0.5, 0.6) is 0 Å². The summed E-state index contributed by atoms with van der Waals surface area (Å²) in [6.07, 6.45) is 1.81. The van der Waals surface area contributed by atoms with Crippen LogP contribution in [-0.2, 0) is 16.0 Å². The summed E-state index contributed by atoms with van der Waals surface area (Å²) >= 11 is 0. The minimum absolute atomic E-state index is 0.00498. The summed E-state index contributed by atoms with van der Waals surface area (Å²) < 4.78 is 32.4. The number of nitrogens with zero attached hydrogens (tertiary/aromatic N) is 1. The third-order valence-corrected chi connectivity index (χ3v) is 4.55. The number of benzene rings is 2. The van der Waals surface area contributed by atoms with Gasteiger partial charge in [-0.25, -0.2) is 13.8 Å². The van der Waals surface area contributed by atoms with Gasteiger partial charge in [-0.05, 0) is 24.6 Å². The highest BCUT2D eigenvalue weighted by Gasteiger charge is 2.23. The number of aryl methyl sites for hydroxylation is 2. The first-order valence-corrected chi connectivity index (χ1v) is 9.35. The van der Waals surface area contributed by atoms with Crippen molar-refractivity contribution in [3.63, 3.8) is 0 Å². The maximum Gasteiger partial charge on any atom is 0.246 e. The molecule has 0 spiro atoms. The number of rotatable bonds is 7. The van der Waals surface area contributed by atoms with Crippen molar-refractivity contribution in [3.8, 4) is 11.3 Å². The maximum atomic E-state index is 13.5. The number of carbonyl (C=O) groups excluding carboxylic acids is 2. The molecular formula is C22H21F2N3O3. The van der Waals surface area contributed by atoms with Gasteiger partial charge in [-0.15, -0.1) is 0 Å². The number of halogens is 2. The standard InChI is InChI=1S/C22H21F2N3O3/c1-13-3-5-14(6-4-13)18-12-26-20(30-18)10-9-19(28)27-21(22(29)25-2)15-7-8-16(23)17(24)11-15/h3-8,11-12,21H,9-10H2,1-2H3,(H,25,29)(H,27,28). The lowest BCUT2D eigenvalue weighted by molar-refractivity contribution is -0.128. The molecule has 30 heavy (non-hydrogen) atoms. The van der Waals surface area contributed by atoms with Gasteiger partial charge in [0.1, 0.15) is 6.04 Å². The van der Waals surface area contributed by atoms with E-state index in [0.717, 1.165) is 23.3 Å². The smallest absolute Gasteiger partial charge is 0.246 e. The quantitative estimate of drug-likeness (QED) is 0.621. The molecule has 0 fully saturated rings. The Hall–Kier alpha value is -3.55. The van der Waals surface area contributed by atoms with E-state index in [1.54, 1.807) is 6.20 Å². The number of hydrogen-bond acceptors (Lipinski definition) is 4. The lowest BCUT2D eigenvalue weighted by Gasteiger charge is -2.17. The highest BCUT2D eigenvalue weighted by Crippen LogP contribution is 2.21. The molecule has 156 valence electrons. The third-order valence-electron chi connectivity index (χ3n) is 4.55. The fourth-order valence-corrected chi connectivity index (χ4v) is 2.87. The summed E-state index contributed by atoms with van der Waals surface area (Å²) in [5.74, 6) is -2.16. The summed E-state index contributed by atoms with van der Waals surface area (Å²) in [5.41, 5.74) is 2.14. The van der Waals surface area contributed by atoms with E-state index in [2.05, 4.69) is 15.6 Å². The van der Waals surface area contributed by atoms with Gasteiger partial charge in [-0.1, -0.05) is 35.9 Å². The molecule has 8 heteroatoms. The Morgan fingerprint density at radius 1 is 1.10 bits per heavy atom. The molecule has 0 saturated carbocycles. The zero-order valence-electron chi connectivity index (χ0n) is 16.5. The van der Waals surface area contributed by atoms with E-state index < -0.39 is 29.5 Å². The Balaban J connectivity index is 1.64. The van der Waals surface area contributed by atoms with Crippen LogP contribution in [0, 0.1) is 18.6 Å². The second-order valence-corrected chi connectivity index (χ2v) is 6.77. The van der Waals surface area contributed by atoms with E-state index in [0.29, 0.717) is 11.7 Å². The van der Waals surface area contributed by atoms with Gasteiger partial charge in [0, 0.05) is 25.5 Å². The SMILES string of the molecule is CNC(=O)C(NC(=O)CCc1ncc(-c2ccc(C)cc2)o1)c1ccc(F)c(F)c1. The van der Waals surface area contributed by atoms with Crippen LogP contribution in [0.15, 0.2) is 53.1 Å². The fraction of sp³-hybridized carbons (Fsp3) is 0.227. The van der Waals surface area contributed by atoms with Gasteiger partial charge in [0.25, 0.3) is 0 Å². The first-order valence-electron chi connectivity index (χ1n) is 9.35. The zero-order chi connectivity index (χ0) is 21.7. The Labute approximate surface area is 172 Å². The van der Waals surface area contributed by atoms with Crippen LogP contribution in [0.2, 0.25) is 0 Å². The van der Waals surface area contributed by atoms with Crippen LogP contribution in [0.1, 0.15) is 29.5 Å².